The molecule has 3 rings (SSSR count). The van der Waals surface area contributed by atoms with E-state index in [1.54, 1.807) is 0 Å². The third kappa shape index (κ3) is 2.50. The van der Waals surface area contributed by atoms with Gasteiger partial charge >= 0.3 is 0 Å². The summed E-state index contributed by atoms with van der Waals surface area (Å²) >= 11 is 0. The number of phenolic OH excluding ortho intramolecular Hbond substituents is 2. The average molecular weight is 310 g/mol. The van der Waals surface area contributed by atoms with Crippen LogP contribution in [-0.2, 0) is 5.41 Å². The van der Waals surface area contributed by atoms with Crippen LogP contribution in [-0.4, -0.2) is 10.2 Å². The molecule has 2 N–H and O–H groups in total. The minimum Gasteiger partial charge on any atom is -0.507 e. The molecule has 2 heteroatoms. The SMILES string of the molecule is Cc1cc(C2(c3cc(C)c(O)c(C)c3)CCCC2)cc(C)c1O. The van der Waals surface area contributed by atoms with E-state index in [0.717, 1.165) is 35.1 Å². The number of benzene rings is 2. The van der Waals surface area contributed by atoms with Gasteiger partial charge in [0.2, 0.25) is 0 Å². The smallest absolute Gasteiger partial charge is 0.121 e. The van der Waals surface area contributed by atoms with Gasteiger partial charge in [0, 0.05) is 5.41 Å². The Balaban J connectivity index is 2.22. The van der Waals surface area contributed by atoms with Gasteiger partial charge in [0.1, 0.15) is 11.5 Å². The molecule has 1 fully saturated rings. The van der Waals surface area contributed by atoms with Crippen molar-refractivity contribution in [1.29, 1.82) is 0 Å². The Hall–Kier alpha value is -1.96. The fourth-order valence-corrected chi connectivity index (χ4v) is 4.19. The normalized spacial score (nSPS) is 16.7. The van der Waals surface area contributed by atoms with Crippen LogP contribution in [0, 0.1) is 27.7 Å². The maximum absolute atomic E-state index is 10.1. The van der Waals surface area contributed by atoms with Gasteiger partial charge in [0.15, 0.2) is 0 Å². The predicted molar refractivity (Wildman–Crippen MR) is 94.4 cm³/mol. The van der Waals surface area contributed by atoms with Crippen molar-refractivity contribution in [3.05, 3.63) is 57.6 Å². The summed E-state index contributed by atoms with van der Waals surface area (Å²) in [4.78, 5) is 0. The summed E-state index contributed by atoms with van der Waals surface area (Å²) in [5.41, 5.74) is 6.38. The Morgan fingerprint density at radius 2 is 0.957 bits per heavy atom. The van der Waals surface area contributed by atoms with Crippen LogP contribution in [0.3, 0.4) is 0 Å². The predicted octanol–water partition coefficient (Wildman–Crippen LogP) is 5.19. The molecular formula is C21H26O2. The molecule has 2 aromatic rings. The van der Waals surface area contributed by atoms with Gasteiger partial charge in [-0.2, -0.15) is 0 Å². The molecule has 122 valence electrons. The van der Waals surface area contributed by atoms with Gasteiger partial charge in [-0.25, -0.2) is 0 Å². The van der Waals surface area contributed by atoms with Crippen molar-refractivity contribution < 1.29 is 10.2 Å². The van der Waals surface area contributed by atoms with E-state index in [4.69, 9.17) is 0 Å². The summed E-state index contributed by atoms with van der Waals surface area (Å²) in [6.07, 6.45) is 4.69. The second kappa shape index (κ2) is 5.59. The maximum atomic E-state index is 10.1. The van der Waals surface area contributed by atoms with Crippen LogP contribution in [0.1, 0.15) is 59.1 Å². The summed E-state index contributed by atoms with van der Waals surface area (Å²) in [6, 6.07) is 8.58. The largest absolute Gasteiger partial charge is 0.507 e. The van der Waals surface area contributed by atoms with E-state index in [9.17, 15) is 10.2 Å². The van der Waals surface area contributed by atoms with Crippen LogP contribution in [0.25, 0.3) is 0 Å². The molecule has 0 atom stereocenters. The first-order valence-corrected chi connectivity index (χ1v) is 8.46. The van der Waals surface area contributed by atoms with Gasteiger partial charge < -0.3 is 10.2 Å². The van der Waals surface area contributed by atoms with Gasteiger partial charge in [-0.15, -0.1) is 0 Å². The van der Waals surface area contributed by atoms with E-state index < -0.39 is 0 Å². The van der Waals surface area contributed by atoms with Gasteiger partial charge in [-0.1, -0.05) is 37.1 Å². The zero-order valence-corrected chi connectivity index (χ0v) is 14.5. The van der Waals surface area contributed by atoms with Crippen molar-refractivity contribution in [3.63, 3.8) is 0 Å². The van der Waals surface area contributed by atoms with Gasteiger partial charge in [-0.3, -0.25) is 0 Å². The summed E-state index contributed by atoms with van der Waals surface area (Å²) in [5, 5.41) is 20.2. The highest BCUT2D eigenvalue weighted by molar-refractivity contribution is 5.52. The van der Waals surface area contributed by atoms with Crippen LogP contribution >= 0.6 is 0 Å². The summed E-state index contributed by atoms with van der Waals surface area (Å²) in [7, 11) is 0. The van der Waals surface area contributed by atoms with E-state index in [-0.39, 0.29) is 5.41 Å². The number of aromatic hydroxyl groups is 2. The molecule has 0 amide bonds. The molecule has 2 aromatic carbocycles. The zero-order chi connectivity index (χ0) is 16.8. The lowest BCUT2D eigenvalue weighted by molar-refractivity contribution is 0.462. The molecule has 0 aromatic heterocycles. The molecule has 23 heavy (non-hydrogen) atoms. The van der Waals surface area contributed by atoms with Crippen LogP contribution in [0.4, 0.5) is 0 Å². The van der Waals surface area contributed by atoms with Gasteiger partial charge in [0.05, 0.1) is 0 Å². The standard InChI is InChI=1S/C21H26O2/c1-13-9-17(10-14(2)19(13)22)21(7-5-6-8-21)18-11-15(3)20(23)16(4)12-18/h9-12,22-23H,5-8H2,1-4H3. The molecule has 0 unspecified atom stereocenters. The van der Waals surface area contributed by atoms with Crippen molar-refractivity contribution in [2.24, 2.45) is 0 Å². The Morgan fingerprint density at radius 1 is 0.652 bits per heavy atom. The van der Waals surface area contributed by atoms with E-state index >= 15 is 0 Å². The third-order valence-corrected chi connectivity index (χ3v) is 5.54. The first-order valence-electron chi connectivity index (χ1n) is 8.46. The van der Waals surface area contributed by atoms with Crippen LogP contribution < -0.4 is 0 Å². The average Bonchev–Trinajstić information content (AvgIpc) is 3.00. The van der Waals surface area contributed by atoms with E-state index in [1.807, 2.05) is 27.7 Å². The second-order valence-corrected chi connectivity index (χ2v) is 7.21. The molecule has 0 saturated heterocycles. The minimum absolute atomic E-state index is 0.00639. The van der Waals surface area contributed by atoms with E-state index in [0.29, 0.717) is 11.5 Å². The molecule has 0 bridgehead atoms. The fourth-order valence-electron chi connectivity index (χ4n) is 4.19. The number of rotatable bonds is 2. The Bertz CT molecular complexity index is 647. The monoisotopic (exact) mass is 310 g/mol. The molecule has 0 radical (unpaired) electrons. The molecule has 0 spiro atoms. The van der Waals surface area contributed by atoms with Crippen LogP contribution in [0.5, 0.6) is 11.5 Å². The molecule has 0 heterocycles. The number of hydrogen-bond acceptors (Lipinski definition) is 2. The van der Waals surface area contributed by atoms with Gasteiger partial charge in [0.25, 0.3) is 0 Å². The molecular weight excluding hydrogens is 284 g/mol. The van der Waals surface area contributed by atoms with Crippen LogP contribution in [0.2, 0.25) is 0 Å². The van der Waals surface area contributed by atoms with Crippen LogP contribution in [0.15, 0.2) is 24.3 Å². The van der Waals surface area contributed by atoms with Crippen molar-refractivity contribution in [3.8, 4) is 11.5 Å². The summed E-state index contributed by atoms with van der Waals surface area (Å²) < 4.78 is 0. The lowest BCUT2D eigenvalue weighted by atomic mass is 9.71. The van der Waals surface area contributed by atoms with E-state index in [2.05, 4.69) is 24.3 Å². The van der Waals surface area contributed by atoms with Crippen molar-refractivity contribution >= 4 is 0 Å². The maximum Gasteiger partial charge on any atom is 0.121 e. The second-order valence-electron chi connectivity index (χ2n) is 7.21. The Kier molecular flexibility index (Phi) is 3.87. The highest BCUT2D eigenvalue weighted by Gasteiger charge is 2.38. The lowest BCUT2D eigenvalue weighted by Crippen LogP contribution is -2.24. The molecule has 1 saturated carbocycles. The summed E-state index contributed by atoms with van der Waals surface area (Å²) in [5.74, 6) is 0.805. The molecule has 0 aliphatic heterocycles. The topological polar surface area (TPSA) is 40.5 Å². The van der Waals surface area contributed by atoms with Crippen molar-refractivity contribution in [2.75, 3.05) is 0 Å². The highest BCUT2D eigenvalue weighted by Crippen LogP contribution is 2.48. The van der Waals surface area contributed by atoms with Crippen molar-refractivity contribution in [2.45, 2.75) is 58.8 Å². The first-order chi connectivity index (χ1) is 10.8. The van der Waals surface area contributed by atoms with E-state index in [1.165, 1.54) is 24.0 Å². The number of aryl methyl sites for hydroxylation is 4. The fraction of sp³-hybridized carbons (Fsp3) is 0.429. The van der Waals surface area contributed by atoms with Gasteiger partial charge in [-0.05, 0) is 73.9 Å². The zero-order valence-electron chi connectivity index (χ0n) is 14.5. The number of phenols is 2. The molecule has 2 nitrogen and oxygen atoms in total. The van der Waals surface area contributed by atoms with Crippen molar-refractivity contribution in [1.82, 2.24) is 0 Å². The molecule has 1 aliphatic carbocycles. The number of hydrogen-bond donors (Lipinski definition) is 2. The lowest BCUT2D eigenvalue weighted by Gasteiger charge is -2.32. The quantitative estimate of drug-likeness (QED) is 0.801. The minimum atomic E-state index is 0.00639. The highest BCUT2D eigenvalue weighted by atomic mass is 16.3. The third-order valence-electron chi connectivity index (χ3n) is 5.54. The Morgan fingerprint density at radius 3 is 1.26 bits per heavy atom. The molecule has 1 aliphatic rings. The Labute approximate surface area is 138 Å². The summed E-state index contributed by atoms with van der Waals surface area (Å²) in [6.45, 7) is 7.90. The first kappa shape index (κ1) is 15.9.